The van der Waals surface area contributed by atoms with Gasteiger partial charge in [0.1, 0.15) is 33.5 Å². The average molecular weight is 677 g/mol. The molecule has 3 aromatic rings. The molecular formula is C25H25ClN10O7S2. The number of oxime groups is 1. The summed E-state index contributed by atoms with van der Waals surface area (Å²) in [5, 5.41) is 30.1. The van der Waals surface area contributed by atoms with Crippen molar-refractivity contribution in [2.75, 3.05) is 30.3 Å². The summed E-state index contributed by atoms with van der Waals surface area (Å²) in [7, 11) is 0. The van der Waals surface area contributed by atoms with Crippen LogP contribution in [-0.2, 0) is 30.6 Å². The van der Waals surface area contributed by atoms with Gasteiger partial charge in [0, 0.05) is 24.4 Å². The van der Waals surface area contributed by atoms with Crippen LogP contribution in [0.2, 0.25) is 4.34 Å². The number of nitrogen functional groups attached to an aromatic ring is 2. The number of nitrogens with one attached hydrogen (secondary N) is 2. The summed E-state index contributed by atoms with van der Waals surface area (Å²) >= 11 is 8.26. The van der Waals surface area contributed by atoms with E-state index >= 15 is 0 Å². The molecule has 17 nitrogen and oxygen atoms in total. The Labute approximate surface area is 266 Å². The van der Waals surface area contributed by atoms with Crippen LogP contribution >= 0.6 is 34.7 Å². The van der Waals surface area contributed by atoms with E-state index in [9.17, 15) is 24.3 Å². The fraction of sp³-hybridized carbons (Fsp3) is 0.360. The Hall–Kier alpha value is -4.46. The zero-order valence-electron chi connectivity index (χ0n) is 23.3. The number of hydrogen-bond donors (Lipinski definition) is 5. The molecule has 2 unspecified atom stereocenters. The molecule has 0 aromatic carbocycles. The number of β-lactam (4-membered cyclic amide) rings is 1. The van der Waals surface area contributed by atoms with Crippen LogP contribution in [0, 0.1) is 0 Å². The third kappa shape index (κ3) is 5.40. The highest BCUT2D eigenvalue weighted by molar-refractivity contribution is 8.00. The number of hydrogen-bond acceptors (Lipinski definition) is 14. The maximum atomic E-state index is 13.3. The minimum absolute atomic E-state index is 0.00911. The SMILES string of the molecule is C[C@H](O/N=C(\C(=O)NC1C(=O)N2C(C(=O)[O-])=C(C[n+]3cccc4c3nc(N)n4C3CNC3)CSC12)c1nc(N)sc1Cl)C(=O)O. The molecule has 2 amide bonds. The number of amides is 2. The molecule has 6 heterocycles. The first-order valence-electron chi connectivity index (χ1n) is 13.4. The summed E-state index contributed by atoms with van der Waals surface area (Å²) in [4.78, 5) is 64.7. The first kappa shape index (κ1) is 30.6. The number of thioether (sulfide) groups is 1. The van der Waals surface area contributed by atoms with Crippen molar-refractivity contribution in [2.24, 2.45) is 5.16 Å². The number of carbonyl (C=O) groups excluding carboxylic acids is 3. The fourth-order valence-corrected chi connectivity index (χ4v) is 7.40. The lowest BCUT2D eigenvalue weighted by Crippen LogP contribution is -2.71. The van der Waals surface area contributed by atoms with Gasteiger partial charge in [0.15, 0.2) is 10.8 Å². The lowest BCUT2D eigenvalue weighted by Gasteiger charge is -2.50. The minimum Gasteiger partial charge on any atom is -0.543 e. The van der Waals surface area contributed by atoms with Gasteiger partial charge in [0.2, 0.25) is 6.10 Å². The number of rotatable bonds is 10. The molecule has 45 heavy (non-hydrogen) atoms. The van der Waals surface area contributed by atoms with E-state index in [1.807, 2.05) is 16.7 Å². The molecule has 3 aliphatic heterocycles. The topological polar surface area (TPSA) is 247 Å². The molecule has 3 atom stereocenters. The number of carboxylic acid groups (broad SMARTS) is 2. The number of nitrogens with zero attached hydrogens (tertiary/aromatic N) is 6. The molecule has 0 spiro atoms. The first-order valence-corrected chi connectivity index (χ1v) is 15.6. The van der Waals surface area contributed by atoms with Gasteiger partial charge in [-0.25, -0.2) is 14.3 Å². The predicted octanol–water partition coefficient (Wildman–Crippen LogP) is -1.96. The summed E-state index contributed by atoms with van der Waals surface area (Å²) in [5.41, 5.74) is 12.7. The molecule has 0 saturated carbocycles. The van der Waals surface area contributed by atoms with E-state index in [1.165, 1.54) is 18.7 Å². The highest BCUT2D eigenvalue weighted by atomic mass is 35.5. The van der Waals surface area contributed by atoms with Gasteiger partial charge >= 0.3 is 17.6 Å². The molecule has 20 heteroatoms. The number of aromatic nitrogens is 4. The molecule has 0 bridgehead atoms. The van der Waals surface area contributed by atoms with E-state index in [0.717, 1.165) is 34.8 Å². The van der Waals surface area contributed by atoms with Crippen molar-refractivity contribution in [3.63, 3.8) is 0 Å². The number of aliphatic carboxylic acids is 2. The minimum atomic E-state index is -1.55. The zero-order chi connectivity index (χ0) is 32.2. The summed E-state index contributed by atoms with van der Waals surface area (Å²) in [6.45, 7) is 2.80. The number of nitrogens with two attached hydrogens (primary N) is 2. The van der Waals surface area contributed by atoms with Crippen LogP contribution in [-0.4, -0.2) is 90.4 Å². The van der Waals surface area contributed by atoms with Gasteiger partial charge in [-0.3, -0.25) is 19.1 Å². The van der Waals surface area contributed by atoms with Crippen molar-refractivity contribution < 1.29 is 38.8 Å². The van der Waals surface area contributed by atoms with Crippen LogP contribution < -0.4 is 31.8 Å². The third-order valence-electron chi connectivity index (χ3n) is 7.45. The monoisotopic (exact) mass is 676 g/mol. The number of imidazole rings is 1. The van der Waals surface area contributed by atoms with Gasteiger partial charge in [-0.2, -0.15) is 0 Å². The van der Waals surface area contributed by atoms with E-state index in [0.29, 0.717) is 17.2 Å². The lowest BCUT2D eigenvalue weighted by atomic mass is 10.0. The van der Waals surface area contributed by atoms with Crippen LogP contribution in [0.3, 0.4) is 0 Å². The smallest absolute Gasteiger partial charge is 0.351 e. The Kier molecular flexibility index (Phi) is 8.02. The van der Waals surface area contributed by atoms with E-state index in [2.05, 4.69) is 25.8 Å². The molecular weight excluding hydrogens is 652 g/mol. The highest BCUT2D eigenvalue weighted by Gasteiger charge is 2.53. The van der Waals surface area contributed by atoms with Crippen molar-refractivity contribution in [3.05, 3.63) is 39.6 Å². The maximum Gasteiger partial charge on any atom is 0.351 e. The Balaban J connectivity index is 1.25. The molecule has 3 aromatic heterocycles. The van der Waals surface area contributed by atoms with Crippen LogP contribution in [0.25, 0.3) is 11.2 Å². The fourth-order valence-electron chi connectivity index (χ4n) is 5.13. The van der Waals surface area contributed by atoms with Gasteiger partial charge in [-0.15, -0.1) is 11.8 Å². The van der Waals surface area contributed by atoms with E-state index in [1.54, 1.807) is 10.8 Å². The summed E-state index contributed by atoms with van der Waals surface area (Å²) < 4.78 is 3.69. The average Bonchev–Trinajstić information content (AvgIpc) is 3.48. The van der Waals surface area contributed by atoms with Crippen molar-refractivity contribution in [1.82, 2.24) is 30.1 Å². The van der Waals surface area contributed by atoms with Crippen molar-refractivity contribution in [3.8, 4) is 0 Å². The summed E-state index contributed by atoms with van der Waals surface area (Å²) in [6, 6.07) is 2.70. The largest absolute Gasteiger partial charge is 0.543 e. The summed E-state index contributed by atoms with van der Waals surface area (Å²) in [5.74, 6) is -4.01. The second-order valence-corrected chi connectivity index (χ2v) is 13.0. The third-order valence-corrected chi connectivity index (χ3v) is 9.88. The van der Waals surface area contributed by atoms with Gasteiger partial charge in [-0.05, 0) is 24.0 Å². The molecule has 0 aliphatic carbocycles. The molecule has 6 rings (SSSR count). The number of pyridine rings is 1. The van der Waals surface area contributed by atoms with Gasteiger partial charge in [0.05, 0.1) is 23.9 Å². The second-order valence-electron chi connectivity index (χ2n) is 10.3. The zero-order valence-corrected chi connectivity index (χ0v) is 25.7. The summed E-state index contributed by atoms with van der Waals surface area (Å²) in [6.07, 6.45) is 0.330. The Morgan fingerprint density at radius 3 is 2.73 bits per heavy atom. The Morgan fingerprint density at radius 1 is 1.36 bits per heavy atom. The van der Waals surface area contributed by atoms with Crippen LogP contribution in [0.1, 0.15) is 18.7 Å². The van der Waals surface area contributed by atoms with Crippen LogP contribution in [0.15, 0.2) is 34.8 Å². The van der Waals surface area contributed by atoms with E-state index in [4.69, 9.17) is 33.0 Å². The number of carboxylic acids is 2. The van der Waals surface area contributed by atoms with Gasteiger partial charge in [0.25, 0.3) is 11.8 Å². The molecule has 3 aliphatic rings. The standard InChI is InChI=1S/C25H25ClN10O7S2/c1-9(22(39)40)43-33-14(13-17(26)45-25(28)31-13)19(37)30-15-20(38)36-16(23(41)42)10(8-44-21(15)36)7-34-4-2-3-12-18(34)32-24(27)35(12)11-5-29-6-11/h2-4,9,11,15,21,27,29H,5-8H2,1H3,(H5,28,30,31,37,39,40,41,42)/b33-14-/t9-,15?,21?/m0/s1. The molecule has 7 N–H and O–H groups in total. The second kappa shape index (κ2) is 11.8. The van der Waals surface area contributed by atoms with Gasteiger partial charge in [-0.1, -0.05) is 28.1 Å². The maximum absolute atomic E-state index is 13.3. The van der Waals surface area contributed by atoms with E-state index < -0.39 is 47.0 Å². The van der Waals surface area contributed by atoms with Crippen molar-refractivity contribution >= 4 is 86.4 Å². The molecule has 2 saturated heterocycles. The lowest BCUT2D eigenvalue weighted by molar-refractivity contribution is -0.664. The van der Waals surface area contributed by atoms with Crippen molar-refractivity contribution in [1.29, 1.82) is 0 Å². The van der Waals surface area contributed by atoms with Crippen molar-refractivity contribution in [2.45, 2.75) is 37.0 Å². The van der Waals surface area contributed by atoms with Crippen LogP contribution in [0.4, 0.5) is 11.1 Å². The highest BCUT2D eigenvalue weighted by Crippen LogP contribution is 2.40. The van der Waals surface area contributed by atoms with Crippen LogP contribution in [0.5, 0.6) is 0 Å². The quantitative estimate of drug-likeness (QED) is 0.0678. The normalized spacial score (nSPS) is 20.8. The number of fused-ring (bicyclic) bond motifs is 2. The number of thiazole rings is 1. The first-order chi connectivity index (χ1) is 21.5. The molecule has 236 valence electrons. The Bertz CT molecular complexity index is 1820. The number of carbonyl (C=O) groups is 4. The van der Waals surface area contributed by atoms with E-state index in [-0.39, 0.29) is 39.2 Å². The molecule has 2 fully saturated rings. The molecule has 0 radical (unpaired) electrons. The Morgan fingerprint density at radius 2 is 2.11 bits per heavy atom. The van der Waals surface area contributed by atoms with Gasteiger partial charge < -0.3 is 41.9 Å². The predicted molar refractivity (Wildman–Crippen MR) is 160 cm³/mol. The number of halogens is 1. The number of anilines is 2.